The predicted molar refractivity (Wildman–Crippen MR) is 133 cm³/mol. The molecule has 2 heterocycles. The molecule has 0 saturated heterocycles. The number of nitrogens with zero attached hydrogens (tertiary/aromatic N) is 4. The molecule has 0 aliphatic heterocycles. The molecule has 0 aliphatic rings. The molecular weight excluding hydrogens is 456 g/mol. The molecule has 3 rings (SSSR count). The van der Waals surface area contributed by atoms with Crippen LogP contribution in [0, 0.1) is 0 Å². The molecule has 0 saturated carbocycles. The van der Waals surface area contributed by atoms with E-state index in [0.717, 1.165) is 23.7 Å². The van der Waals surface area contributed by atoms with Gasteiger partial charge in [-0.15, -0.1) is 0 Å². The number of imidazole rings is 1. The largest absolute Gasteiger partial charge is 0.385 e. The van der Waals surface area contributed by atoms with Crippen LogP contribution < -0.4 is 21.9 Å². The lowest BCUT2D eigenvalue weighted by molar-refractivity contribution is -0.116. The minimum absolute atomic E-state index is 0.0332. The second kappa shape index (κ2) is 12.2. The van der Waals surface area contributed by atoms with E-state index in [0.29, 0.717) is 13.0 Å². The SMILES string of the molecule is CCCn1ccnc1SCC(=O)N(CCCOC)c1c(N)n(Cc2ccccc2)c(=O)[nH]c1=O. The lowest BCUT2D eigenvalue weighted by atomic mass is 10.2. The summed E-state index contributed by atoms with van der Waals surface area (Å²) in [4.78, 5) is 46.6. The van der Waals surface area contributed by atoms with Gasteiger partial charge in [-0.3, -0.25) is 19.1 Å². The van der Waals surface area contributed by atoms with Gasteiger partial charge in [-0.25, -0.2) is 9.78 Å². The molecule has 0 unspecified atom stereocenters. The Bertz CT molecular complexity index is 1200. The predicted octanol–water partition coefficient (Wildman–Crippen LogP) is 1.94. The Kier molecular flexibility index (Phi) is 9.11. The maximum atomic E-state index is 13.3. The summed E-state index contributed by atoms with van der Waals surface area (Å²) in [6.45, 7) is 3.65. The quantitative estimate of drug-likeness (QED) is 0.296. The van der Waals surface area contributed by atoms with Gasteiger partial charge in [-0.05, 0) is 18.4 Å². The van der Waals surface area contributed by atoms with Crippen molar-refractivity contribution in [1.29, 1.82) is 0 Å². The number of methoxy groups -OCH3 is 1. The Labute approximate surface area is 201 Å². The van der Waals surface area contributed by atoms with Crippen molar-refractivity contribution in [3.8, 4) is 0 Å². The van der Waals surface area contributed by atoms with E-state index < -0.39 is 11.2 Å². The van der Waals surface area contributed by atoms with Crippen molar-refractivity contribution >= 4 is 29.2 Å². The van der Waals surface area contributed by atoms with Gasteiger partial charge in [0.25, 0.3) is 5.56 Å². The number of hydrogen-bond acceptors (Lipinski definition) is 7. The summed E-state index contributed by atoms with van der Waals surface area (Å²) in [6.07, 6.45) is 5.00. The van der Waals surface area contributed by atoms with Crippen LogP contribution in [-0.2, 0) is 22.6 Å². The molecule has 11 heteroatoms. The van der Waals surface area contributed by atoms with Gasteiger partial charge in [0, 0.05) is 39.2 Å². The summed E-state index contributed by atoms with van der Waals surface area (Å²) in [5.41, 5.74) is 5.80. The van der Waals surface area contributed by atoms with Gasteiger partial charge in [-0.1, -0.05) is 49.0 Å². The monoisotopic (exact) mass is 486 g/mol. The lowest BCUT2D eigenvalue weighted by Crippen LogP contribution is -2.42. The Morgan fingerprint density at radius 2 is 2.03 bits per heavy atom. The zero-order valence-electron chi connectivity index (χ0n) is 19.4. The fourth-order valence-electron chi connectivity index (χ4n) is 3.54. The first-order chi connectivity index (χ1) is 16.5. The fraction of sp³-hybridized carbons (Fsp3) is 0.391. The van der Waals surface area contributed by atoms with E-state index in [1.54, 1.807) is 13.3 Å². The number of anilines is 2. The molecule has 10 nitrogen and oxygen atoms in total. The summed E-state index contributed by atoms with van der Waals surface area (Å²) >= 11 is 1.29. The Morgan fingerprint density at radius 1 is 1.26 bits per heavy atom. The summed E-state index contributed by atoms with van der Waals surface area (Å²) in [5, 5.41) is 0.725. The van der Waals surface area contributed by atoms with Gasteiger partial charge in [-0.2, -0.15) is 0 Å². The van der Waals surface area contributed by atoms with Crippen molar-refractivity contribution in [2.24, 2.45) is 0 Å². The minimum atomic E-state index is -0.699. The number of nitrogen functional groups attached to an aromatic ring is 1. The number of rotatable bonds is 12. The zero-order valence-corrected chi connectivity index (χ0v) is 20.2. The first kappa shape index (κ1) is 25.3. The molecule has 1 amide bonds. The maximum absolute atomic E-state index is 13.3. The number of H-pyrrole nitrogens is 1. The van der Waals surface area contributed by atoms with Crippen LogP contribution in [-0.4, -0.2) is 51.0 Å². The van der Waals surface area contributed by atoms with Crippen LogP contribution in [0.2, 0.25) is 0 Å². The van der Waals surface area contributed by atoms with Crippen LogP contribution in [0.25, 0.3) is 0 Å². The molecule has 3 aromatic rings. The second-order valence-electron chi connectivity index (χ2n) is 7.65. The van der Waals surface area contributed by atoms with Gasteiger partial charge in [0.15, 0.2) is 10.8 Å². The van der Waals surface area contributed by atoms with E-state index in [2.05, 4.69) is 16.9 Å². The third-order valence-corrected chi connectivity index (χ3v) is 6.15. The number of thioether (sulfide) groups is 1. The Morgan fingerprint density at radius 3 is 2.74 bits per heavy atom. The van der Waals surface area contributed by atoms with Gasteiger partial charge in [0.2, 0.25) is 5.91 Å². The van der Waals surface area contributed by atoms with Crippen LogP contribution in [0.1, 0.15) is 25.3 Å². The van der Waals surface area contributed by atoms with E-state index >= 15 is 0 Å². The highest BCUT2D eigenvalue weighted by molar-refractivity contribution is 7.99. The average Bonchev–Trinajstić information content (AvgIpc) is 3.27. The number of benzene rings is 1. The number of aromatic nitrogens is 4. The summed E-state index contributed by atoms with van der Waals surface area (Å²) in [7, 11) is 1.57. The van der Waals surface area contributed by atoms with Crippen LogP contribution in [0.15, 0.2) is 57.5 Å². The van der Waals surface area contributed by atoms with Crippen molar-refractivity contribution in [3.05, 3.63) is 69.1 Å². The molecule has 2 aromatic heterocycles. The van der Waals surface area contributed by atoms with E-state index in [4.69, 9.17) is 10.5 Å². The molecule has 0 aliphatic carbocycles. The third kappa shape index (κ3) is 6.17. The lowest BCUT2D eigenvalue weighted by Gasteiger charge is -2.24. The highest BCUT2D eigenvalue weighted by atomic mass is 32.2. The molecule has 0 atom stereocenters. The standard InChI is InChI=1S/C23H30N6O4S/c1-3-11-27-13-10-25-23(27)34-16-18(30)28(12-7-14-33-2)19-20(24)29(22(32)26-21(19)31)15-17-8-5-4-6-9-17/h4-6,8-10,13H,3,7,11-12,14-16,24H2,1-2H3,(H,26,31,32). The number of carbonyl (C=O) groups excluding carboxylic acids is 1. The smallest absolute Gasteiger partial charge is 0.330 e. The van der Waals surface area contributed by atoms with E-state index in [1.807, 2.05) is 41.1 Å². The van der Waals surface area contributed by atoms with Crippen LogP contribution >= 0.6 is 11.8 Å². The number of nitrogens with two attached hydrogens (primary N) is 1. The van der Waals surface area contributed by atoms with Crippen molar-refractivity contribution in [1.82, 2.24) is 19.1 Å². The van der Waals surface area contributed by atoms with Gasteiger partial charge >= 0.3 is 5.69 Å². The van der Waals surface area contributed by atoms with Crippen LogP contribution in [0.3, 0.4) is 0 Å². The number of hydrogen-bond donors (Lipinski definition) is 2. The minimum Gasteiger partial charge on any atom is -0.385 e. The first-order valence-electron chi connectivity index (χ1n) is 11.1. The van der Waals surface area contributed by atoms with Crippen LogP contribution in [0.5, 0.6) is 0 Å². The Balaban J connectivity index is 1.91. The zero-order chi connectivity index (χ0) is 24.5. The van der Waals surface area contributed by atoms with Crippen molar-refractivity contribution in [3.63, 3.8) is 0 Å². The third-order valence-electron chi connectivity index (χ3n) is 5.17. The number of aromatic amines is 1. The molecule has 0 fully saturated rings. The van der Waals surface area contributed by atoms with Gasteiger partial charge < -0.3 is 19.9 Å². The molecule has 0 radical (unpaired) electrons. The highest BCUT2D eigenvalue weighted by Gasteiger charge is 2.24. The van der Waals surface area contributed by atoms with Gasteiger partial charge in [0.05, 0.1) is 12.3 Å². The topological polar surface area (TPSA) is 128 Å². The molecule has 182 valence electrons. The maximum Gasteiger partial charge on any atom is 0.330 e. The van der Waals surface area contributed by atoms with Gasteiger partial charge in [0.1, 0.15) is 5.82 Å². The summed E-state index contributed by atoms with van der Waals surface area (Å²) in [6, 6.07) is 9.28. The van der Waals surface area contributed by atoms with Crippen molar-refractivity contribution < 1.29 is 9.53 Å². The first-order valence-corrected chi connectivity index (χ1v) is 12.0. The normalized spacial score (nSPS) is 11.0. The summed E-state index contributed by atoms with van der Waals surface area (Å²) in [5.74, 6) is -0.306. The summed E-state index contributed by atoms with van der Waals surface area (Å²) < 4.78 is 8.37. The van der Waals surface area contributed by atoms with E-state index in [1.165, 1.54) is 21.2 Å². The number of amides is 1. The number of nitrogens with one attached hydrogen (secondary N) is 1. The molecular formula is C23H30N6O4S. The number of aryl methyl sites for hydroxylation is 1. The molecule has 3 N–H and O–H groups in total. The van der Waals surface area contributed by atoms with Crippen molar-refractivity contribution in [2.45, 2.75) is 38.0 Å². The second-order valence-corrected chi connectivity index (χ2v) is 8.59. The number of ether oxygens (including phenoxy) is 1. The average molecular weight is 487 g/mol. The number of carbonyl (C=O) groups is 1. The molecule has 1 aromatic carbocycles. The molecule has 34 heavy (non-hydrogen) atoms. The fourth-order valence-corrected chi connectivity index (χ4v) is 4.40. The highest BCUT2D eigenvalue weighted by Crippen LogP contribution is 2.22. The van der Waals surface area contributed by atoms with Crippen LogP contribution in [0.4, 0.5) is 11.5 Å². The molecule has 0 bridgehead atoms. The van der Waals surface area contributed by atoms with E-state index in [9.17, 15) is 14.4 Å². The Hall–Kier alpha value is -3.31. The van der Waals surface area contributed by atoms with Crippen molar-refractivity contribution in [2.75, 3.05) is 36.6 Å². The van der Waals surface area contributed by atoms with E-state index in [-0.39, 0.29) is 36.3 Å². The molecule has 0 spiro atoms.